The molecular formula is C20H37N5O12. The maximum atomic E-state index is 11.0. The van der Waals surface area contributed by atoms with Crippen molar-refractivity contribution in [3.8, 4) is 0 Å². The number of carboxylic acid groups (broad SMARTS) is 6. The average Bonchev–Trinajstić information content (AvgIpc) is 2.73. The van der Waals surface area contributed by atoms with Crippen LogP contribution in [0.15, 0.2) is 0 Å². The first-order chi connectivity index (χ1) is 17.2. The number of hydrogen-bond donors (Lipinski definition) is 8. The molecule has 0 amide bonds. The van der Waals surface area contributed by atoms with Gasteiger partial charge in [-0.25, -0.2) is 0 Å². The van der Waals surface area contributed by atoms with E-state index in [-0.39, 0.29) is 26.2 Å². The van der Waals surface area contributed by atoms with E-state index in [1.165, 1.54) is 4.90 Å². The van der Waals surface area contributed by atoms with Crippen LogP contribution in [-0.2, 0) is 28.8 Å². The lowest BCUT2D eigenvalue weighted by molar-refractivity contribution is -0.143. The third-order valence-electron chi connectivity index (χ3n) is 4.55. The van der Waals surface area contributed by atoms with Gasteiger partial charge in [0.1, 0.15) is 6.04 Å². The summed E-state index contributed by atoms with van der Waals surface area (Å²) in [5.41, 5.74) is 10.4. The molecule has 1 atom stereocenters. The summed E-state index contributed by atoms with van der Waals surface area (Å²) in [5, 5.41) is 52.4. The molecule has 0 aliphatic carbocycles. The molecule has 0 aromatic rings. The van der Waals surface area contributed by atoms with E-state index in [4.69, 9.17) is 42.1 Å². The fraction of sp³-hybridized carbons (Fsp3) is 0.700. The number of carboxylic acids is 6. The minimum atomic E-state index is -1.24. The Morgan fingerprint density at radius 2 is 0.838 bits per heavy atom. The molecule has 0 heterocycles. The highest BCUT2D eigenvalue weighted by atomic mass is 16.4. The summed E-state index contributed by atoms with van der Waals surface area (Å²) >= 11 is 0. The minimum Gasteiger partial charge on any atom is -0.480 e. The van der Waals surface area contributed by atoms with Crippen LogP contribution in [-0.4, -0.2) is 153 Å². The molecule has 0 rings (SSSR count). The lowest BCUT2D eigenvalue weighted by Gasteiger charge is -2.27. The topological polar surface area (TPSA) is 286 Å². The number of nitrogens with two attached hydrogens (primary N) is 2. The number of unbranched alkanes of at least 4 members (excludes halogenated alkanes) is 1. The molecule has 0 aliphatic heterocycles. The molecular weight excluding hydrogens is 502 g/mol. The van der Waals surface area contributed by atoms with Crippen LogP contribution in [0, 0.1) is 0 Å². The summed E-state index contributed by atoms with van der Waals surface area (Å²) in [6.07, 6.45) is 2.16. The molecule has 0 fully saturated rings. The molecule has 0 aromatic heterocycles. The van der Waals surface area contributed by atoms with Gasteiger partial charge in [-0.15, -0.1) is 0 Å². The standard InChI is InChI=1S/C14H23N3O10.C6H14N2O2/c18-10(19)5-15(1-3-16(6-11(20)21)7-12(22)23)2-4-17(8-13(24)25)9-14(26)27;7-4-2-1-3-5(8)6(9)10/h1-9H2,(H,18,19)(H,20,21)(H,22,23)(H,24,25)(H,26,27);5H,1-4,7-8H2,(H,9,10)/t;5-/m.0/s1. The first-order valence-corrected chi connectivity index (χ1v) is 11.1. The zero-order chi connectivity index (χ0) is 29.0. The van der Waals surface area contributed by atoms with Gasteiger partial charge in [-0.1, -0.05) is 6.42 Å². The Morgan fingerprint density at radius 1 is 0.541 bits per heavy atom. The predicted molar refractivity (Wildman–Crippen MR) is 126 cm³/mol. The van der Waals surface area contributed by atoms with Gasteiger partial charge in [-0.3, -0.25) is 43.5 Å². The summed E-state index contributed by atoms with van der Waals surface area (Å²) in [4.78, 5) is 67.7. The van der Waals surface area contributed by atoms with Crippen molar-refractivity contribution >= 4 is 35.8 Å². The van der Waals surface area contributed by atoms with Crippen molar-refractivity contribution in [2.75, 3.05) is 65.4 Å². The molecule has 17 nitrogen and oxygen atoms in total. The van der Waals surface area contributed by atoms with E-state index >= 15 is 0 Å². The largest absolute Gasteiger partial charge is 0.480 e. The molecule has 0 saturated carbocycles. The Labute approximate surface area is 212 Å². The van der Waals surface area contributed by atoms with E-state index in [1.807, 2.05) is 0 Å². The van der Waals surface area contributed by atoms with Crippen molar-refractivity contribution in [1.29, 1.82) is 0 Å². The van der Waals surface area contributed by atoms with Crippen molar-refractivity contribution in [3.63, 3.8) is 0 Å². The lowest BCUT2D eigenvalue weighted by Crippen LogP contribution is -2.45. The maximum absolute atomic E-state index is 11.0. The molecule has 0 aromatic carbocycles. The highest BCUT2D eigenvalue weighted by Gasteiger charge is 2.19. The van der Waals surface area contributed by atoms with Gasteiger partial charge in [0.2, 0.25) is 0 Å². The molecule has 0 spiro atoms. The number of hydrogen-bond acceptors (Lipinski definition) is 11. The Hall–Kier alpha value is -3.38. The third-order valence-corrected chi connectivity index (χ3v) is 4.55. The average molecular weight is 540 g/mol. The van der Waals surface area contributed by atoms with E-state index in [0.29, 0.717) is 13.0 Å². The van der Waals surface area contributed by atoms with Gasteiger partial charge < -0.3 is 42.1 Å². The van der Waals surface area contributed by atoms with E-state index in [1.54, 1.807) is 0 Å². The summed E-state index contributed by atoms with van der Waals surface area (Å²) in [5.74, 6) is -7.09. The zero-order valence-corrected chi connectivity index (χ0v) is 20.4. The highest BCUT2D eigenvalue weighted by molar-refractivity contribution is 5.73. The first-order valence-electron chi connectivity index (χ1n) is 11.1. The van der Waals surface area contributed by atoms with Crippen molar-refractivity contribution in [3.05, 3.63) is 0 Å². The summed E-state index contributed by atoms with van der Waals surface area (Å²) in [6.45, 7) is -2.13. The molecule has 0 bridgehead atoms. The molecule has 0 aliphatic rings. The van der Waals surface area contributed by atoms with Gasteiger partial charge in [0.05, 0.1) is 32.7 Å². The van der Waals surface area contributed by atoms with Crippen LogP contribution in [0.5, 0.6) is 0 Å². The van der Waals surface area contributed by atoms with Crippen molar-refractivity contribution in [2.45, 2.75) is 25.3 Å². The number of aliphatic carboxylic acids is 6. The van der Waals surface area contributed by atoms with Crippen molar-refractivity contribution < 1.29 is 59.4 Å². The van der Waals surface area contributed by atoms with Crippen LogP contribution in [0.2, 0.25) is 0 Å². The van der Waals surface area contributed by atoms with Crippen LogP contribution in [0.1, 0.15) is 19.3 Å². The van der Waals surface area contributed by atoms with Crippen LogP contribution in [0.25, 0.3) is 0 Å². The molecule has 0 unspecified atom stereocenters. The minimum absolute atomic E-state index is 0.000836. The second-order valence-corrected chi connectivity index (χ2v) is 7.90. The second-order valence-electron chi connectivity index (χ2n) is 7.90. The van der Waals surface area contributed by atoms with Gasteiger partial charge in [0.15, 0.2) is 0 Å². The molecule has 10 N–H and O–H groups in total. The third kappa shape index (κ3) is 24.1. The first kappa shape index (κ1) is 35.8. The van der Waals surface area contributed by atoms with E-state index in [2.05, 4.69) is 0 Å². The van der Waals surface area contributed by atoms with Gasteiger partial charge in [0, 0.05) is 26.2 Å². The van der Waals surface area contributed by atoms with Crippen LogP contribution in [0.4, 0.5) is 0 Å². The fourth-order valence-corrected chi connectivity index (χ4v) is 2.85. The van der Waals surface area contributed by atoms with Crippen molar-refractivity contribution in [2.24, 2.45) is 11.5 Å². The molecule has 17 heteroatoms. The molecule has 0 saturated heterocycles. The zero-order valence-electron chi connectivity index (χ0n) is 20.4. The molecule has 214 valence electrons. The predicted octanol–water partition coefficient (Wildman–Crippen LogP) is -3.16. The van der Waals surface area contributed by atoms with Crippen LogP contribution >= 0.6 is 0 Å². The number of nitrogens with zero attached hydrogens (tertiary/aromatic N) is 3. The van der Waals surface area contributed by atoms with E-state index in [0.717, 1.165) is 22.6 Å². The van der Waals surface area contributed by atoms with Gasteiger partial charge >= 0.3 is 35.8 Å². The van der Waals surface area contributed by atoms with Gasteiger partial charge in [-0.2, -0.15) is 0 Å². The normalized spacial score (nSPS) is 11.6. The van der Waals surface area contributed by atoms with Crippen molar-refractivity contribution in [1.82, 2.24) is 14.7 Å². The Bertz CT molecular complexity index is 679. The summed E-state index contributed by atoms with van der Waals surface area (Å²) in [6, 6.07) is -0.716. The van der Waals surface area contributed by atoms with Crippen LogP contribution < -0.4 is 11.5 Å². The van der Waals surface area contributed by atoms with Gasteiger partial charge in [-0.05, 0) is 19.4 Å². The Kier molecular flexibility index (Phi) is 20.1. The number of rotatable bonds is 21. The van der Waals surface area contributed by atoms with Gasteiger partial charge in [0.25, 0.3) is 0 Å². The second kappa shape index (κ2) is 20.8. The Balaban J connectivity index is 0. The van der Waals surface area contributed by atoms with E-state index in [9.17, 15) is 28.8 Å². The quantitative estimate of drug-likeness (QED) is 0.0668. The summed E-state index contributed by atoms with van der Waals surface area (Å²) < 4.78 is 0. The number of carbonyl (C=O) groups is 6. The van der Waals surface area contributed by atoms with E-state index < -0.39 is 74.6 Å². The Morgan fingerprint density at radius 3 is 1.11 bits per heavy atom. The maximum Gasteiger partial charge on any atom is 0.320 e. The summed E-state index contributed by atoms with van der Waals surface area (Å²) in [7, 11) is 0. The molecule has 0 radical (unpaired) electrons. The fourth-order valence-electron chi connectivity index (χ4n) is 2.85. The highest BCUT2D eigenvalue weighted by Crippen LogP contribution is 1.98. The monoisotopic (exact) mass is 539 g/mol. The smallest absolute Gasteiger partial charge is 0.320 e. The van der Waals surface area contributed by atoms with Crippen LogP contribution in [0.3, 0.4) is 0 Å². The lowest BCUT2D eigenvalue weighted by atomic mass is 10.1. The molecule has 37 heavy (non-hydrogen) atoms. The SMILES string of the molecule is NCCCC[C@H](N)C(=O)O.O=C(O)CN(CCN(CC(=O)O)CC(=O)O)CCN(CC(=O)O)CC(=O)O.